The Bertz CT molecular complexity index is 509. The Morgan fingerprint density at radius 2 is 2.16 bits per heavy atom. The van der Waals surface area contributed by atoms with Gasteiger partial charge in [0, 0.05) is 25.5 Å². The molecule has 1 aromatic rings. The summed E-state index contributed by atoms with van der Waals surface area (Å²) in [6.45, 7) is 4.55. The van der Waals surface area contributed by atoms with Crippen LogP contribution in [-0.4, -0.2) is 62.2 Å². The van der Waals surface area contributed by atoms with Gasteiger partial charge in [-0.05, 0) is 0 Å². The molecule has 0 amide bonds. The Labute approximate surface area is 118 Å². The van der Waals surface area contributed by atoms with Crippen molar-refractivity contribution in [1.29, 1.82) is 0 Å². The first-order valence-corrected chi connectivity index (χ1v) is 8.82. The molecule has 0 spiro atoms. The number of thiazole rings is 1. The molecule has 0 atom stereocenters. The highest BCUT2D eigenvalue weighted by atomic mass is 32.2. The number of morpholine rings is 1. The van der Waals surface area contributed by atoms with Crippen LogP contribution in [0.5, 0.6) is 0 Å². The number of sulfonamides is 1. The van der Waals surface area contributed by atoms with E-state index in [2.05, 4.69) is 9.88 Å². The largest absolute Gasteiger partial charge is 0.379 e. The highest BCUT2D eigenvalue weighted by Gasteiger charge is 2.15. The zero-order valence-electron chi connectivity index (χ0n) is 11.2. The Hall–Kier alpha value is -0.540. The molecule has 0 radical (unpaired) electrons. The summed E-state index contributed by atoms with van der Waals surface area (Å²) in [5.41, 5.74) is 0.807. The molecule has 0 saturated carbocycles. The molecule has 2 rings (SSSR count). The average Bonchev–Trinajstić information content (AvgIpc) is 2.76. The monoisotopic (exact) mass is 305 g/mol. The van der Waals surface area contributed by atoms with Crippen molar-refractivity contribution >= 4 is 21.4 Å². The van der Waals surface area contributed by atoms with Crippen LogP contribution in [0.15, 0.2) is 5.38 Å². The van der Waals surface area contributed by atoms with Crippen LogP contribution in [0.2, 0.25) is 0 Å². The van der Waals surface area contributed by atoms with E-state index in [1.165, 1.54) is 10.6 Å². The van der Waals surface area contributed by atoms with Gasteiger partial charge >= 0.3 is 0 Å². The lowest BCUT2D eigenvalue weighted by molar-refractivity contribution is 0.0341. The summed E-state index contributed by atoms with van der Waals surface area (Å²) >= 11 is 1.58. The Morgan fingerprint density at radius 1 is 1.47 bits per heavy atom. The van der Waals surface area contributed by atoms with E-state index < -0.39 is 10.0 Å². The molecule has 1 fully saturated rings. The van der Waals surface area contributed by atoms with Gasteiger partial charge in [-0.3, -0.25) is 4.90 Å². The fourth-order valence-electron chi connectivity index (χ4n) is 1.79. The van der Waals surface area contributed by atoms with Crippen LogP contribution in [0.25, 0.3) is 0 Å². The summed E-state index contributed by atoms with van der Waals surface area (Å²) in [6, 6.07) is 0. The zero-order chi connectivity index (χ0) is 13.9. The minimum absolute atomic E-state index is 0.332. The lowest BCUT2D eigenvalue weighted by atomic mass is 10.4. The average molecular weight is 305 g/mol. The molecule has 1 aromatic heterocycles. The highest BCUT2D eigenvalue weighted by molar-refractivity contribution is 7.88. The summed E-state index contributed by atoms with van der Waals surface area (Å²) < 4.78 is 29.3. The van der Waals surface area contributed by atoms with Crippen molar-refractivity contribution in [2.75, 3.05) is 39.6 Å². The molecule has 0 N–H and O–H groups in total. The van der Waals surface area contributed by atoms with E-state index in [9.17, 15) is 8.42 Å². The predicted octanol–water partition coefficient (Wildman–Crippen LogP) is 0.367. The summed E-state index contributed by atoms with van der Waals surface area (Å²) in [6.07, 6.45) is 1.20. The minimum atomic E-state index is -3.15. The van der Waals surface area contributed by atoms with Gasteiger partial charge in [-0.25, -0.2) is 13.4 Å². The molecule has 0 aromatic carbocycles. The van der Waals surface area contributed by atoms with E-state index in [1.54, 1.807) is 18.4 Å². The van der Waals surface area contributed by atoms with Gasteiger partial charge in [0.1, 0.15) is 5.01 Å². The normalized spacial score (nSPS) is 18.1. The summed E-state index contributed by atoms with van der Waals surface area (Å²) in [5.74, 6) is 0. The third-order valence-corrected chi connectivity index (χ3v) is 5.16. The SMILES string of the molecule is CN(Cc1csc(CN2CCOCC2)n1)S(C)(=O)=O. The van der Waals surface area contributed by atoms with Crippen LogP contribution in [0.3, 0.4) is 0 Å². The number of aromatic nitrogens is 1. The van der Waals surface area contributed by atoms with Crippen LogP contribution in [0.4, 0.5) is 0 Å². The lowest BCUT2D eigenvalue weighted by Gasteiger charge is -2.25. The Balaban J connectivity index is 1.91. The van der Waals surface area contributed by atoms with Gasteiger partial charge in [0.25, 0.3) is 0 Å². The smallest absolute Gasteiger partial charge is 0.211 e. The first-order chi connectivity index (χ1) is 8.95. The molecule has 2 heterocycles. The summed E-state index contributed by atoms with van der Waals surface area (Å²) in [5, 5.41) is 2.95. The first kappa shape index (κ1) is 14.9. The number of nitrogens with zero attached hydrogens (tertiary/aromatic N) is 3. The van der Waals surface area contributed by atoms with E-state index in [-0.39, 0.29) is 0 Å². The molecule has 0 unspecified atom stereocenters. The number of rotatable bonds is 5. The van der Waals surface area contributed by atoms with Crippen LogP contribution in [-0.2, 0) is 27.8 Å². The number of hydrogen-bond acceptors (Lipinski definition) is 6. The molecule has 6 nitrogen and oxygen atoms in total. The third-order valence-electron chi connectivity index (χ3n) is 3.01. The molecule has 1 aliphatic rings. The fourth-order valence-corrected chi connectivity index (χ4v) is 2.98. The van der Waals surface area contributed by atoms with E-state index in [4.69, 9.17) is 4.74 Å². The van der Waals surface area contributed by atoms with Crippen LogP contribution < -0.4 is 0 Å². The van der Waals surface area contributed by atoms with Crippen molar-refractivity contribution in [3.05, 3.63) is 16.1 Å². The van der Waals surface area contributed by atoms with Gasteiger partial charge in [0.05, 0.1) is 38.3 Å². The van der Waals surface area contributed by atoms with Crippen LogP contribution >= 0.6 is 11.3 Å². The zero-order valence-corrected chi connectivity index (χ0v) is 12.8. The van der Waals surface area contributed by atoms with Crippen LogP contribution in [0.1, 0.15) is 10.7 Å². The van der Waals surface area contributed by atoms with Crippen molar-refractivity contribution in [1.82, 2.24) is 14.2 Å². The topological polar surface area (TPSA) is 62.7 Å². The van der Waals surface area contributed by atoms with Gasteiger partial charge in [-0.15, -0.1) is 11.3 Å². The molecule has 108 valence electrons. The van der Waals surface area contributed by atoms with E-state index >= 15 is 0 Å². The van der Waals surface area contributed by atoms with Crippen molar-refractivity contribution in [2.45, 2.75) is 13.1 Å². The Morgan fingerprint density at radius 3 is 2.79 bits per heavy atom. The van der Waals surface area contributed by atoms with Gasteiger partial charge in [0.2, 0.25) is 10.0 Å². The quantitative estimate of drug-likeness (QED) is 0.786. The van der Waals surface area contributed by atoms with Crippen molar-refractivity contribution in [3.8, 4) is 0 Å². The summed E-state index contributed by atoms with van der Waals surface area (Å²) in [4.78, 5) is 6.79. The maximum Gasteiger partial charge on any atom is 0.211 e. The van der Waals surface area contributed by atoms with Crippen LogP contribution in [0, 0.1) is 0 Å². The minimum Gasteiger partial charge on any atom is -0.379 e. The molecule has 0 bridgehead atoms. The lowest BCUT2D eigenvalue weighted by Crippen LogP contribution is -2.35. The molecular formula is C11H19N3O3S2. The third kappa shape index (κ3) is 4.50. The second kappa shape index (κ2) is 6.27. The van der Waals surface area contributed by atoms with E-state index in [1.807, 2.05) is 5.38 Å². The number of ether oxygens (including phenoxy) is 1. The second-order valence-corrected chi connectivity index (χ2v) is 7.67. The highest BCUT2D eigenvalue weighted by Crippen LogP contribution is 2.15. The molecule has 1 aliphatic heterocycles. The standard InChI is InChI=1S/C11H19N3O3S2/c1-13(19(2,15)16)7-10-9-18-11(12-10)8-14-3-5-17-6-4-14/h9H,3-8H2,1-2H3. The molecule has 19 heavy (non-hydrogen) atoms. The Kier molecular flexibility index (Phi) is 4.91. The maximum atomic E-state index is 11.3. The molecular weight excluding hydrogens is 286 g/mol. The van der Waals surface area contributed by atoms with Gasteiger partial charge in [-0.1, -0.05) is 0 Å². The number of hydrogen-bond donors (Lipinski definition) is 0. The first-order valence-electron chi connectivity index (χ1n) is 6.10. The van der Waals surface area contributed by atoms with E-state index in [0.29, 0.717) is 6.54 Å². The van der Waals surface area contributed by atoms with Crippen molar-refractivity contribution in [2.24, 2.45) is 0 Å². The predicted molar refractivity (Wildman–Crippen MR) is 74.5 cm³/mol. The molecule has 1 saturated heterocycles. The van der Waals surface area contributed by atoms with Gasteiger partial charge in [-0.2, -0.15) is 4.31 Å². The van der Waals surface area contributed by atoms with Gasteiger partial charge in [0.15, 0.2) is 0 Å². The fraction of sp³-hybridized carbons (Fsp3) is 0.727. The molecule has 0 aliphatic carbocycles. The second-order valence-electron chi connectivity index (χ2n) is 4.64. The van der Waals surface area contributed by atoms with Gasteiger partial charge < -0.3 is 4.74 Å². The van der Waals surface area contributed by atoms with Crippen molar-refractivity contribution in [3.63, 3.8) is 0 Å². The maximum absolute atomic E-state index is 11.3. The summed E-state index contributed by atoms with van der Waals surface area (Å²) in [7, 11) is -1.58. The molecule has 8 heteroatoms. The van der Waals surface area contributed by atoms with Crippen molar-refractivity contribution < 1.29 is 13.2 Å². The van der Waals surface area contributed by atoms with E-state index in [0.717, 1.165) is 43.5 Å².